The maximum Gasteiger partial charge on any atom is 0.225 e. The summed E-state index contributed by atoms with van der Waals surface area (Å²) in [6.45, 7) is 5.48. The Morgan fingerprint density at radius 1 is 0.909 bits per heavy atom. The van der Waals surface area contributed by atoms with Crippen molar-refractivity contribution in [3.63, 3.8) is 0 Å². The smallest absolute Gasteiger partial charge is 0.225 e. The molecule has 1 amide bonds. The van der Waals surface area contributed by atoms with Crippen LogP contribution in [0.4, 0.5) is 11.6 Å². The SMILES string of the molecule is CS(=O)(=O)C1CCN(c2cccc3c2ccn3-c2ccnc(NC3CCC(C(=O)N4CCN5CCCCC5C4)CC3)n2)CC1. The Hall–Kier alpha value is -3.18. The van der Waals surface area contributed by atoms with Crippen LogP contribution in [0.3, 0.4) is 0 Å². The molecule has 5 heterocycles. The Labute approximate surface area is 260 Å². The van der Waals surface area contributed by atoms with Crippen LogP contribution in [-0.2, 0) is 14.6 Å². The number of piperazine rings is 1. The van der Waals surface area contributed by atoms with Gasteiger partial charge in [-0.2, -0.15) is 4.98 Å². The number of aromatic nitrogens is 3. The Bertz CT molecular complexity index is 1590. The molecule has 0 spiro atoms. The molecule has 4 fully saturated rings. The lowest BCUT2D eigenvalue weighted by atomic mass is 9.84. The van der Waals surface area contributed by atoms with Crippen LogP contribution in [0.15, 0.2) is 42.7 Å². The predicted molar refractivity (Wildman–Crippen MR) is 174 cm³/mol. The summed E-state index contributed by atoms with van der Waals surface area (Å²) in [7, 11) is -3.01. The van der Waals surface area contributed by atoms with Gasteiger partial charge < -0.3 is 19.7 Å². The molecule has 1 N–H and O–H groups in total. The first-order valence-corrected chi connectivity index (χ1v) is 18.5. The lowest BCUT2D eigenvalue weighted by Crippen LogP contribution is -2.57. The molecule has 7 rings (SSSR count). The minimum atomic E-state index is -3.01. The number of amides is 1. The molecule has 1 aromatic carbocycles. The van der Waals surface area contributed by atoms with E-state index in [0.717, 1.165) is 80.8 Å². The van der Waals surface area contributed by atoms with Crippen LogP contribution in [0.5, 0.6) is 0 Å². The van der Waals surface area contributed by atoms with Gasteiger partial charge in [-0.1, -0.05) is 12.5 Å². The van der Waals surface area contributed by atoms with E-state index in [1.807, 2.05) is 12.3 Å². The van der Waals surface area contributed by atoms with Crippen molar-refractivity contribution in [1.29, 1.82) is 0 Å². The summed E-state index contributed by atoms with van der Waals surface area (Å²) in [6.07, 6.45) is 14.0. The van der Waals surface area contributed by atoms with E-state index in [1.165, 1.54) is 32.1 Å². The molecule has 1 aliphatic carbocycles. The monoisotopic (exact) mass is 619 g/mol. The molecule has 1 atom stereocenters. The number of rotatable bonds is 6. The van der Waals surface area contributed by atoms with Gasteiger partial charge in [-0.3, -0.25) is 9.69 Å². The molecule has 4 aliphatic rings. The van der Waals surface area contributed by atoms with E-state index >= 15 is 0 Å². The van der Waals surface area contributed by atoms with E-state index < -0.39 is 9.84 Å². The average molecular weight is 620 g/mol. The standard InChI is InChI=1S/C33H45N7O3S/c1-44(42,43)27-13-18-38(19-14-27)29-6-4-7-30-28(29)15-20-40(30)31-12-16-34-33(36-31)35-25-10-8-24(9-11-25)32(41)39-22-21-37-17-3-2-5-26(37)23-39/h4,6-7,12,15-16,20,24-27H,2-3,5,8-11,13-14,17-19,21-23H2,1H3,(H,34,35,36). The number of anilines is 2. The van der Waals surface area contributed by atoms with Crippen molar-refractivity contribution in [2.24, 2.45) is 5.92 Å². The molecular formula is C33H45N7O3S. The van der Waals surface area contributed by atoms with Crippen molar-refractivity contribution in [2.75, 3.05) is 55.7 Å². The zero-order valence-electron chi connectivity index (χ0n) is 25.8. The van der Waals surface area contributed by atoms with Crippen molar-refractivity contribution in [3.8, 4) is 5.82 Å². The van der Waals surface area contributed by atoms with Gasteiger partial charge in [-0.05, 0) is 82.2 Å². The topological polar surface area (TPSA) is 104 Å². The molecule has 1 saturated carbocycles. The second-order valence-corrected chi connectivity index (χ2v) is 15.6. The summed E-state index contributed by atoms with van der Waals surface area (Å²) in [6, 6.07) is 11.2. The number of piperidine rings is 2. The molecular weight excluding hydrogens is 574 g/mol. The van der Waals surface area contributed by atoms with Crippen LogP contribution in [0.2, 0.25) is 0 Å². The van der Waals surface area contributed by atoms with Gasteiger partial charge in [-0.15, -0.1) is 0 Å². The lowest BCUT2D eigenvalue weighted by molar-refractivity contribution is -0.140. The van der Waals surface area contributed by atoms with E-state index in [0.29, 0.717) is 30.7 Å². The van der Waals surface area contributed by atoms with Gasteiger partial charge in [0, 0.05) is 80.4 Å². The third-order valence-electron chi connectivity index (χ3n) is 10.5. The molecule has 10 nitrogen and oxygen atoms in total. The van der Waals surface area contributed by atoms with Gasteiger partial charge in [0.2, 0.25) is 11.9 Å². The van der Waals surface area contributed by atoms with Gasteiger partial charge in [0.25, 0.3) is 0 Å². The summed E-state index contributed by atoms with van der Waals surface area (Å²) in [5.41, 5.74) is 2.19. The Kier molecular flexibility index (Phi) is 8.26. The van der Waals surface area contributed by atoms with Gasteiger partial charge in [0.05, 0.1) is 10.8 Å². The fourth-order valence-corrected chi connectivity index (χ4v) is 9.05. The highest BCUT2D eigenvalue weighted by atomic mass is 32.2. The van der Waals surface area contributed by atoms with Gasteiger partial charge in [0.15, 0.2) is 0 Å². The Balaban J connectivity index is 0.978. The molecule has 3 saturated heterocycles. The number of fused-ring (bicyclic) bond motifs is 2. The number of carbonyl (C=O) groups excluding carboxylic acids is 1. The Morgan fingerprint density at radius 2 is 1.73 bits per heavy atom. The number of hydrogen-bond acceptors (Lipinski definition) is 8. The van der Waals surface area contributed by atoms with Crippen LogP contribution in [0, 0.1) is 5.92 Å². The minimum Gasteiger partial charge on any atom is -0.371 e. The molecule has 1 unspecified atom stereocenters. The lowest BCUT2D eigenvalue weighted by Gasteiger charge is -2.45. The van der Waals surface area contributed by atoms with Crippen molar-refractivity contribution < 1.29 is 13.2 Å². The quantitative estimate of drug-likeness (QED) is 0.440. The van der Waals surface area contributed by atoms with Gasteiger partial charge in [0.1, 0.15) is 15.7 Å². The summed E-state index contributed by atoms with van der Waals surface area (Å²) >= 11 is 0. The number of benzene rings is 1. The highest BCUT2D eigenvalue weighted by Gasteiger charge is 2.35. The number of carbonyl (C=O) groups is 1. The third-order valence-corrected chi connectivity index (χ3v) is 12.2. The maximum absolute atomic E-state index is 13.4. The molecule has 3 aromatic rings. The first-order chi connectivity index (χ1) is 21.3. The van der Waals surface area contributed by atoms with E-state index in [-0.39, 0.29) is 17.2 Å². The first kappa shape index (κ1) is 29.5. The third kappa shape index (κ3) is 6.05. The van der Waals surface area contributed by atoms with Crippen molar-refractivity contribution >= 4 is 38.3 Å². The van der Waals surface area contributed by atoms with E-state index in [4.69, 9.17) is 4.98 Å². The van der Waals surface area contributed by atoms with E-state index in [2.05, 4.69) is 53.8 Å². The second-order valence-electron chi connectivity index (χ2n) is 13.3. The molecule has 0 radical (unpaired) electrons. The van der Waals surface area contributed by atoms with Crippen molar-refractivity contribution in [2.45, 2.75) is 75.1 Å². The number of nitrogens with one attached hydrogen (secondary N) is 1. The summed E-state index contributed by atoms with van der Waals surface area (Å²) in [5.74, 6) is 1.92. The van der Waals surface area contributed by atoms with E-state index in [9.17, 15) is 13.2 Å². The predicted octanol–water partition coefficient (Wildman–Crippen LogP) is 4.10. The maximum atomic E-state index is 13.4. The fourth-order valence-electron chi connectivity index (χ4n) is 7.99. The molecule has 3 aliphatic heterocycles. The normalized spacial score (nSPS) is 25.6. The van der Waals surface area contributed by atoms with Crippen LogP contribution < -0.4 is 10.2 Å². The van der Waals surface area contributed by atoms with Crippen molar-refractivity contribution in [1.82, 2.24) is 24.3 Å². The highest BCUT2D eigenvalue weighted by molar-refractivity contribution is 7.91. The molecule has 11 heteroatoms. The van der Waals surface area contributed by atoms with Crippen LogP contribution in [0.1, 0.15) is 57.8 Å². The van der Waals surface area contributed by atoms with Gasteiger partial charge >= 0.3 is 0 Å². The Morgan fingerprint density at radius 3 is 2.52 bits per heavy atom. The molecule has 44 heavy (non-hydrogen) atoms. The number of hydrogen-bond donors (Lipinski definition) is 1. The summed E-state index contributed by atoms with van der Waals surface area (Å²) in [5, 5.41) is 4.45. The molecule has 236 valence electrons. The summed E-state index contributed by atoms with van der Waals surface area (Å²) in [4.78, 5) is 29.9. The zero-order valence-corrected chi connectivity index (χ0v) is 26.6. The minimum absolute atomic E-state index is 0.132. The number of nitrogens with zero attached hydrogens (tertiary/aromatic N) is 6. The zero-order chi connectivity index (χ0) is 30.3. The molecule has 0 bridgehead atoms. The van der Waals surface area contributed by atoms with Crippen LogP contribution in [-0.4, -0.2) is 102 Å². The largest absolute Gasteiger partial charge is 0.371 e. The summed E-state index contributed by atoms with van der Waals surface area (Å²) < 4.78 is 26.2. The first-order valence-electron chi connectivity index (χ1n) is 16.5. The van der Waals surface area contributed by atoms with E-state index in [1.54, 1.807) is 6.20 Å². The highest BCUT2D eigenvalue weighted by Crippen LogP contribution is 2.33. The average Bonchev–Trinajstić information content (AvgIpc) is 3.49. The second kappa shape index (κ2) is 12.3. The molecule has 2 aromatic heterocycles. The fraction of sp³-hybridized carbons (Fsp3) is 0.606. The van der Waals surface area contributed by atoms with Crippen LogP contribution in [0.25, 0.3) is 16.7 Å². The van der Waals surface area contributed by atoms with Crippen LogP contribution >= 0.6 is 0 Å². The number of sulfone groups is 1. The van der Waals surface area contributed by atoms with Gasteiger partial charge in [-0.25, -0.2) is 13.4 Å². The van der Waals surface area contributed by atoms with Crippen molar-refractivity contribution in [3.05, 3.63) is 42.7 Å².